The van der Waals surface area contributed by atoms with Gasteiger partial charge in [0, 0.05) is 12.6 Å². The van der Waals surface area contributed by atoms with E-state index in [1.165, 1.54) is 30.5 Å². The van der Waals surface area contributed by atoms with Crippen LogP contribution < -0.4 is 15.8 Å². The molecule has 0 radical (unpaired) electrons. The lowest BCUT2D eigenvalue weighted by Gasteiger charge is -2.40. The summed E-state index contributed by atoms with van der Waals surface area (Å²) < 4.78 is 7.69. The maximum absolute atomic E-state index is 6.37. The van der Waals surface area contributed by atoms with Crippen LogP contribution in [0, 0.1) is 5.41 Å². The predicted octanol–water partition coefficient (Wildman–Crippen LogP) is 4.16. The summed E-state index contributed by atoms with van der Waals surface area (Å²) in [6.45, 7) is 2.27. The predicted molar refractivity (Wildman–Crippen MR) is 121 cm³/mol. The van der Waals surface area contributed by atoms with Crippen molar-refractivity contribution in [3.05, 3.63) is 42.4 Å². The van der Waals surface area contributed by atoms with E-state index < -0.39 is 0 Å². The zero-order valence-electron chi connectivity index (χ0n) is 17.7. The molecule has 0 unspecified atom stereocenters. The van der Waals surface area contributed by atoms with Crippen LogP contribution in [0.5, 0.6) is 5.75 Å². The van der Waals surface area contributed by atoms with E-state index >= 15 is 0 Å². The molecule has 6 nitrogen and oxygen atoms in total. The van der Waals surface area contributed by atoms with Gasteiger partial charge in [-0.3, -0.25) is 0 Å². The molecule has 3 N–H and O–H groups in total. The average Bonchev–Trinajstić information content (AvgIpc) is 3.09. The van der Waals surface area contributed by atoms with E-state index in [9.17, 15) is 0 Å². The van der Waals surface area contributed by atoms with Gasteiger partial charge in [0.25, 0.3) is 0 Å². The molecule has 30 heavy (non-hydrogen) atoms. The fraction of sp³-hybridized carbons (Fsp3) is 0.417. The first-order valence-corrected chi connectivity index (χ1v) is 10.8. The number of hydrogen-bond donors (Lipinski definition) is 2. The van der Waals surface area contributed by atoms with Gasteiger partial charge in [-0.15, -0.1) is 0 Å². The van der Waals surface area contributed by atoms with Gasteiger partial charge in [0.05, 0.1) is 18.2 Å². The Balaban J connectivity index is 1.68. The van der Waals surface area contributed by atoms with E-state index in [0.717, 1.165) is 53.8 Å². The van der Waals surface area contributed by atoms with Crippen molar-refractivity contribution in [3.63, 3.8) is 0 Å². The van der Waals surface area contributed by atoms with Crippen molar-refractivity contribution < 1.29 is 4.74 Å². The molecule has 2 aliphatic rings. The van der Waals surface area contributed by atoms with Gasteiger partial charge < -0.3 is 20.4 Å². The third kappa shape index (κ3) is 3.06. The number of nitrogens with zero attached hydrogens (tertiary/aromatic N) is 3. The molecule has 3 aromatic rings. The SMILES string of the molecule is COc1cccc(-c2c(C3=CCC4(CCNCC4)CC3)n(C)c3ncnc(N)c23)c1. The molecule has 2 aromatic heterocycles. The fourth-order valence-corrected chi connectivity index (χ4v) is 5.28. The van der Waals surface area contributed by atoms with Crippen LogP contribution in [0.25, 0.3) is 27.7 Å². The van der Waals surface area contributed by atoms with Crippen LogP contribution in [0.3, 0.4) is 0 Å². The lowest BCUT2D eigenvalue weighted by atomic mass is 9.68. The van der Waals surface area contributed by atoms with Crippen molar-refractivity contribution in [1.29, 1.82) is 0 Å². The van der Waals surface area contributed by atoms with Crippen LogP contribution in [0.4, 0.5) is 5.82 Å². The number of nitrogens with two attached hydrogens (primary N) is 1. The monoisotopic (exact) mass is 403 g/mol. The summed E-state index contributed by atoms with van der Waals surface area (Å²) in [6, 6.07) is 8.18. The number of aryl methyl sites for hydroxylation is 1. The number of aromatic nitrogens is 3. The number of ether oxygens (including phenoxy) is 1. The molecule has 0 bridgehead atoms. The minimum atomic E-state index is 0.467. The second-order valence-electron chi connectivity index (χ2n) is 8.66. The third-order valence-electron chi connectivity index (χ3n) is 7.03. The molecule has 1 aliphatic heterocycles. The Morgan fingerprint density at radius 3 is 2.73 bits per heavy atom. The number of piperidine rings is 1. The number of benzene rings is 1. The van der Waals surface area contributed by atoms with Crippen LogP contribution in [-0.4, -0.2) is 34.7 Å². The van der Waals surface area contributed by atoms with Crippen molar-refractivity contribution in [2.45, 2.75) is 32.1 Å². The molecule has 0 amide bonds. The summed E-state index contributed by atoms with van der Waals surface area (Å²) in [5.74, 6) is 1.35. The molecule has 6 heteroatoms. The van der Waals surface area contributed by atoms with Gasteiger partial charge >= 0.3 is 0 Å². The van der Waals surface area contributed by atoms with Crippen LogP contribution in [0.1, 0.15) is 37.8 Å². The highest BCUT2D eigenvalue weighted by molar-refractivity contribution is 6.06. The highest BCUT2D eigenvalue weighted by atomic mass is 16.5. The number of methoxy groups -OCH3 is 1. The zero-order chi connectivity index (χ0) is 20.7. The third-order valence-corrected chi connectivity index (χ3v) is 7.03. The summed E-state index contributed by atoms with van der Waals surface area (Å²) in [5.41, 5.74) is 12.5. The van der Waals surface area contributed by atoms with Crippen LogP contribution in [-0.2, 0) is 7.05 Å². The molecule has 1 aliphatic carbocycles. The molecule has 0 atom stereocenters. The molecule has 5 rings (SSSR count). The molecular weight excluding hydrogens is 374 g/mol. The number of nitrogens with one attached hydrogen (secondary N) is 1. The molecule has 3 heterocycles. The molecule has 156 valence electrons. The number of rotatable bonds is 3. The van der Waals surface area contributed by atoms with Crippen LogP contribution in [0.15, 0.2) is 36.7 Å². The Morgan fingerprint density at radius 1 is 1.17 bits per heavy atom. The van der Waals surface area contributed by atoms with E-state index in [1.807, 2.05) is 12.1 Å². The van der Waals surface area contributed by atoms with Gasteiger partial charge in [-0.1, -0.05) is 18.2 Å². The zero-order valence-corrected chi connectivity index (χ0v) is 17.7. The van der Waals surface area contributed by atoms with Gasteiger partial charge in [-0.25, -0.2) is 9.97 Å². The highest BCUT2D eigenvalue weighted by Crippen LogP contribution is 2.48. The second-order valence-corrected chi connectivity index (χ2v) is 8.66. The minimum Gasteiger partial charge on any atom is -0.497 e. The Bertz CT molecular complexity index is 1120. The lowest BCUT2D eigenvalue weighted by Crippen LogP contribution is -2.37. The highest BCUT2D eigenvalue weighted by Gasteiger charge is 2.35. The largest absolute Gasteiger partial charge is 0.497 e. The molecule has 1 saturated heterocycles. The maximum Gasteiger partial charge on any atom is 0.146 e. The van der Waals surface area contributed by atoms with Crippen LogP contribution >= 0.6 is 0 Å². The van der Waals surface area contributed by atoms with E-state index in [4.69, 9.17) is 10.5 Å². The minimum absolute atomic E-state index is 0.467. The summed E-state index contributed by atoms with van der Waals surface area (Å²) in [4.78, 5) is 8.87. The molecule has 1 aromatic carbocycles. The first-order valence-electron chi connectivity index (χ1n) is 10.8. The molecule has 0 saturated carbocycles. The molecule has 1 spiro atoms. The summed E-state index contributed by atoms with van der Waals surface area (Å²) in [5, 5.41) is 4.43. The quantitative estimate of drug-likeness (QED) is 0.686. The maximum atomic E-state index is 6.37. The number of nitrogen functional groups attached to an aromatic ring is 1. The van der Waals surface area contributed by atoms with Crippen molar-refractivity contribution in [1.82, 2.24) is 19.9 Å². The van der Waals surface area contributed by atoms with Crippen molar-refractivity contribution in [2.75, 3.05) is 25.9 Å². The average molecular weight is 404 g/mol. The van der Waals surface area contributed by atoms with E-state index in [2.05, 4.69) is 45.1 Å². The first-order chi connectivity index (χ1) is 14.6. The Labute approximate surface area is 177 Å². The first kappa shape index (κ1) is 19.1. The Morgan fingerprint density at radius 2 is 2.00 bits per heavy atom. The van der Waals surface area contributed by atoms with Gasteiger partial charge in [0.15, 0.2) is 0 Å². The second kappa shape index (κ2) is 7.43. The van der Waals surface area contributed by atoms with Gasteiger partial charge in [0.1, 0.15) is 23.5 Å². The van der Waals surface area contributed by atoms with Gasteiger partial charge in [0.2, 0.25) is 0 Å². The van der Waals surface area contributed by atoms with E-state index in [1.54, 1.807) is 13.4 Å². The van der Waals surface area contributed by atoms with Crippen molar-refractivity contribution >= 4 is 22.4 Å². The Hall–Kier alpha value is -2.86. The van der Waals surface area contributed by atoms with Crippen molar-refractivity contribution in [2.24, 2.45) is 12.5 Å². The van der Waals surface area contributed by atoms with Crippen molar-refractivity contribution in [3.8, 4) is 16.9 Å². The smallest absolute Gasteiger partial charge is 0.146 e. The normalized spacial score (nSPS) is 18.5. The summed E-state index contributed by atoms with van der Waals surface area (Å²) in [6.07, 6.45) is 10.0. The van der Waals surface area contributed by atoms with E-state index in [0.29, 0.717) is 11.2 Å². The lowest BCUT2D eigenvalue weighted by molar-refractivity contribution is 0.184. The topological polar surface area (TPSA) is 78.0 Å². The number of fused-ring (bicyclic) bond motifs is 1. The summed E-state index contributed by atoms with van der Waals surface area (Å²) in [7, 11) is 3.78. The van der Waals surface area contributed by atoms with Gasteiger partial charge in [-0.05, 0) is 73.9 Å². The fourth-order valence-electron chi connectivity index (χ4n) is 5.28. The summed E-state index contributed by atoms with van der Waals surface area (Å²) >= 11 is 0. The molecular formula is C24H29N5O. The Kier molecular flexibility index (Phi) is 4.74. The molecule has 1 fully saturated rings. The van der Waals surface area contributed by atoms with Gasteiger partial charge in [-0.2, -0.15) is 0 Å². The number of hydrogen-bond acceptors (Lipinski definition) is 5. The standard InChI is InChI=1S/C24H29N5O/c1-29-21(16-6-8-24(9-7-16)10-12-26-13-11-24)19(17-4-3-5-18(14-17)30-2)20-22(25)27-15-28-23(20)29/h3-6,14-15,26H,7-13H2,1-2H3,(H2,25,27,28). The van der Waals surface area contributed by atoms with Crippen LogP contribution in [0.2, 0.25) is 0 Å². The number of allylic oxidation sites excluding steroid dienone is 2. The van der Waals surface area contributed by atoms with E-state index in [-0.39, 0.29) is 0 Å². The number of anilines is 1.